The number of amides is 3. The lowest BCUT2D eigenvalue weighted by atomic mass is 10.2. The molecule has 2 rings (SSSR count). The van der Waals surface area contributed by atoms with Crippen LogP contribution in [0.5, 0.6) is 0 Å². The third-order valence-electron chi connectivity index (χ3n) is 2.79. The first-order valence-electron chi connectivity index (χ1n) is 6.66. The lowest BCUT2D eigenvalue weighted by Gasteiger charge is -2.09. The Morgan fingerprint density at radius 2 is 2.00 bits per heavy atom. The van der Waals surface area contributed by atoms with Gasteiger partial charge in [0.05, 0.1) is 17.5 Å². The average molecular weight is 316 g/mol. The standard InChI is InChI=1S/C15H13FN4O3/c16-11-3-4-12(10(8-11)9-17)20-15(22)19-6-5-18-14(21)13-2-1-7-23-13/h1-4,7-8H,5-6H2,(H,18,21)(H2,19,20,22). The van der Waals surface area contributed by atoms with E-state index >= 15 is 0 Å². The Labute approximate surface area is 131 Å². The molecule has 2 aromatic rings. The fourth-order valence-electron chi connectivity index (χ4n) is 1.73. The van der Waals surface area contributed by atoms with Crippen LogP contribution in [-0.4, -0.2) is 25.0 Å². The summed E-state index contributed by atoms with van der Waals surface area (Å²) in [6, 6.07) is 7.80. The lowest BCUT2D eigenvalue weighted by molar-refractivity contribution is 0.0926. The summed E-state index contributed by atoms with van der Waals surface area (Å²) in [5, 5.41) is 16.4. The molecule has 0 saturated carbocycles. The number of halogens is 1. The molecule has 0 spiro atoms. The van der Waals surface area contributed by atoms with Gasteiger partial charge in [0, 0.05) is 13.1 Å². The number of urea groups is 1. The molecule has 0 atom stereocenters. The molecule has 7 nitrogen and oxygen atoms in total. The summed E-state index contributed by atoms with van der Waals surface area (Å²) >= 11 is 0. The van der Waals surface area contributed by atoms with Gasteiger partial charge in [-0.3, -0.25) is 4.79 Å². The summed E-state index contributed by atoms with van der Waals surface area (Å²) in [7, 11) is 0. The highest BCUT2D eigenvalue weighted by Crippen LogP contribution is 2.15. The SMILES string of the molecule is N#Cc1cc(F)ccc1NC(=O)NCCNC(=O)c1ccco1. The summed E-state index contributed by atoms with van der Waals surface area (Å²) in [6.07, 6.45) is 1.39. The predicted octanol–water partition coefficient (Wildman–Crippen LogP) is 1.84. The van der Waals surface area contributed by atoms with Crippen molar-refractivity contribution in [2.24, 2.45) is 0 Å². The van der Waals surface area contributed by atoms with Crippen LogP contribution < -0.4 is 16.0 Å². The smallest absolute Gasteiger partial charge is 0.319 e. The van der Waals surface area contributed by atoms with Crippen LogP contribution >= 0.6 is 0 Å². The molecule has 3 N–H and O–H groups in total. The van der Waals surface area contributed by atoms with E-state index in [9.17, 15) is 14.0 Å². The van der Waals surface area contributed by atoms with E-state index in [4.69, 9.17) is 9.68 Å². The molecule has 0 fully saturated rings. The van der Waals surface area contributed by atoms with Gasteiger partial charge in [0.15, 0.2) is 5.76 Å². The van der Waals surface area contributed by atoms with Crippen molar-refractivity contribution in [2.75, 3.05) is 18.4 Å². The highest BCUT2D eigenvalue weighted by molar-refractivity contribution is 5.92. The van der Waals surface area contributed by atoms with Gasteiger partial charge in [-0.1, -0.05) is 0 Å². The van der Waals surface area contributed by atoms with Gasteiger partial charge in [-0.15, -0.1) is 0 Å². The third-order valence-corrected chi connectivity index (χ3v) is 2.79. The Hall–Kier alpha value is -3.34. The van der Waals surface area contributed by atoms with Gasteiger partial charge in [0.2, 0.25) is 0 Å². The Kier molecular flexibility index (Phi) is 5.30. The Morgan fingerprint density at radius 3 is 2.70 bits per heavy atom. The second-order valence-electron chi connectivity index (χ2n) is 4.42. The minimum atomic E-state index is -0.569. The molecule has 3 amide bonds. The van der Waals surface area contributed by atoms with Crippen LogP contribution in [0.3, 0.4) is 0 Å². The Bertz CT molecular complexity index is 738. The first kappa shape index (κ1) is 16.0. The van der Waals surface area contributed by atoms with E-state index in [-0.39, 0.29) is 36.0 Å². The number of furan rings is 1. The Morgan fingerprint density at radius 1 is 1.22 bits per heavy atom. The number of rotatable bonds is 5. The number of benzene rings is 1. The number of nitriles is 1. The van der Waals surface area contributed by atoms with Crippen LogP contribution in [0.25, 0.3) is 0 Å². The van der Waals surface area contributed by atoms with Gasteiger partial charge in [0.25, 0.3) is 5.91 Å². The number of carbonyl (C=O) groups excluding carboxylic acids is 2. The van der Waals surface area contributed by atoms with Crippen LogP contribution in [0.2, 0.25) is 0 Å². The van der Waals surface area contributed by atoms with Crippen molar-refractivity contribution in [3.63, 3.8) is 0 Å². The molecule has 8 heteroatoms. The molecule has 0 bridgehead atoms. The molecule has 0 aliphatic rings. The first-order valence-corrected chi connectivity index (χ1v) is 6.66. The molecule has 0 unspecified atom stereocenters. The van der Waals surface area contributed by atoms with Gasteiger partial charge in [-0.05, 0) is 30.3 Å². The molecule has 0 aliphatic heterocycles. The van der Waals surface area contributed by atoms with Crippen molar-refractivity contribution in [3.8, 4) is 6.07 Å². The third kappa shape index (κ3) is 4.57. The topological polar surface area (TPSA) is 107 Å². The maximum Gasteiger partial charge on any atom is 0.319 e. The molecule has 1 heterocycles. The van der Waals surface area contributed by atoms with Crippen LogP contribution in [0.4, 0.5) is 14.9 Å². The molecule has 0 saturated heterocycles. The summed E-state index contributed by atoms with van der Waals surface area (Å²) in [5.74, 6) is -0.768. The van der Waals surface area contributed by atoms with E-state index in [0.29, 0.717) is 0 Å². The normalized spacial score (nSPS) is 9.74. The van der Waals surface area contributed by atoms with E-state index in [1.807, 2.05) is 0 Å². The fraction of sp³-hybridized carbons (Fsp3) is 0.133. The molecule has 0 radical (unpaired) electrons. The predicted molar refractivity (Wildman–Crippen MR) is 79.2 cm³/mol. The monoisotopic (exact) mass is 316 g/mol. The van der Waals surface area contributed by atoms with E-state index in [0.717, 1.165) is 12.1 Å². The molecular weight excluding hydrogens is 303 g/mol. The minimum Gasteiger partial charge on any atom is -0.459 e. The van der Waals surface area contributed by atoms with Crippen molar-refractivity contribution < 1.29 is 18.4 Å². The number of nitrogens with zero attached hydrogens (tertiary/aromatic N) is 1. The zero-order valence-electron chi connectivity index (χ0n) is 11.9. The largest absolute Gasteiger partial charge is 0.459 e. The fourth-order valence-corrected chi connectivity index (χ4v) is 1.73. The lowest BCUT2D eigenvalue weighted by Crippen LogP contribution is -2.36. The summed E-state index contributed by atoms with van der Waals surface area (Å²) in [4.78, 5) is 23.2. The van der Waals surface area contributed by atoms with E-state index < -0.39 is 11.8 Å². The van der Waals surface area contributed by atoms with Gasteiger partial charge in [0.1, 0.15) is 11.9 Å². The first-order chi connectivity index (χ1) is 11.1. The quantitative estimate of drug-likeness (QED) is 0.731. The summed E-state index contributed by atoms with van der Waals surface area (Å²) < 4.78 is 17.9. The van der Waals surface area contributed by atoms with Crippen molar-refractivity contribution in [1.82, 2.24) is 10.6 Å². The van der Waals surface area contributed by atoms with Crippen LogP contribution in [0.1, 0.15) is 16.1 Å². The maximum absolute atomic E-state index is 13.0. The number of hydrogen-bond acceptors (Lipinski definition) is 4. The number of carbonyl (C=O) groups is 2. The van der Waals surface area contributed by atoms with Crippen molar-refractivity contribution in [3.05, 3.63) is 53.7 Å². The minimum absolute atomic E-state index is 0.0197. The Balaban J connectivity index is 1.76. The summed E-state index contributed by atoms with van der Waals surface area (Å²) in [5.41, 5.74) is 0.220. The van der Waals surface area contributed by atoms with Crippen LogP contribution in [-0.2, 0) is 0 Å². The van der Waals surface area contributed by atoms with Crippen molar-refractivity contribution in [1.29, 1.82) is 5.26 Å². The van der Waals surface area contributed by atoms with Crippen molar-refractivity contribution in [2.45, 2.75) is 0 Å². The van der Waals surface area contributed by atoms with Gasteiger partial charge in [-0.2, -0.15) is 5.26 Å². The van der Waals surface area contributed by atoms with Gasteiger partial charge >= 0.3 is 6.03 Å². The number of anilines is 1. The molecule has 0 aliphatic carbocycles. The zero-order valence-corrected chi connectivity index (χ0v) is 11.9. The second kappa shape index (κ2) is 7.61. The van der Waals surface area contributed by atoms with Crippen LogP contribution in [0.15, 0.2) is 41.0 Å². The molecule has 1 aromatic heterocycles. The molecule has 23 heavy (non-hydrogen) atoms. The number of nitrogens with one attached hydrogen (secondary N) is 3. The summed E-state index contributed by atoms with van der Waals surface area (Å²) in [6.45, 7) is 0.364. The average Bonchev–Trinajstić information content (AvgIpc) is 3.07. The zero-order chi connectivity index (χ0) is 16.7. The van der Waals surface area contributed by atoms with Crippen molar-refractivity contribution >= 4 is 17.6 Å². The second-order valence-corrected chi connectivity index (χ2v) is 4.42. The maximum atomic E-state index is 13.0. The molecule has 118 valence electrons. The van der Waals surface area contributed by atoms with E-state index in [1.165, 1.54) is 18.4 Å². The van der Waals surface area contributed by atoms with Gasteiger partial charge in [-0.25, -0.2) is 9.18 Å². The van der Waals surface area contributed by atoms with E-state index in [1.54, 1.807) is 12.1 Å². The van der Waals surface area contributed by atoms with Gasteiger partial charge < -0.3 is 20.4 Å². The molecule has 1 aromatic carbocycles. The van der Waals surface area contributed by atoms with Crippen LogP contribution in [0, 0.1) is 17.1 Å². The van der Waals surface area contributed by atoms with E-state index in [2.05, 4.69) is 16.0 Å². The number of hydrogen-bond donors (Lipinski definition) is 3. The molecular formula is C15H13FN4O3. The highest BCUT2D eigenvalue weighted by atomic mass is 19.1. The highest BCUT2D eigenvalue weighted by Gasteiger charge is 2.09.